The third kappa shape index (κ3) is 2.83. The summed E-state index contributed by atoms with van der Waals surface area (Å²) < 4.78 is 38.3. The summed E-state index contributed by atoms with van der Waals surface area (Å²) in [5.41, 5.74) is -0.468. The molecule has 0 aliphatic rings. The number of pyridine rings is 1. The molecular formula is C12H8F3N5. The van der Waals surface area contributed by atoms with Gasteiger partial charge in [-0.2, -0.15) is 18.4 Å². The molecule has 2 heterocycles. The van der Waals surface area contributed by atoms with E-state index in [2.05, 4.69) is 20.3 Å². The Balaban J connectivity index is 2.59. The lowest BCUT2D eigenvalue weighted by molar-refractivity contribution is -0.141. The fourth-order valence-corrected chi connectivity index (χ4v) is 1.49. The van der Waals surface area contributed by atoms with E-state index in [1.54, 1.807) is 0 Å². The smallest absolute Gasteiger partial charge is 0.357 e. The van der Waals surface area contributed by atoms with E-state index >= 15 is 0 Å². The topological polar surface area (TPSA) is 74.5 Å². The Morgan fingerprint density at radius 3 is 2.55 bits per heavy atom. The van der Waals surface area contributed by atoms with E-state index in [0.717, 1.165) is 6.07 Å². The molecule has 2 aromatic heterocycles. The molecule has 0 radical (unpaired) electrons. The Morgan fingerprint density at radius 2 is 1.95 bits per heavy atom. The van der Waals surface area contributed by atoms with Crippen LogP contribution in [0, 0.1) is 11.3 Å². The van der Waals surface area contributed by atoms with Crippen molar-refractivity contribution in [3.05, 3.63) is 35.8 Å². The second-order valence-corrected chi connectivity index (χ2v) is 3.78. The molecule has 5 nitrogen and oxygen atoms in total. The van der Waals surface area contributed by atoms with Gasteiger partial charge in [0.1, 0.15) is 6.07 Å². The summed E-state index contributed by atoms with van der Waals surface area (Å²) in [4.78, 5) is 11.1. The van der Waals surface area contributed by atoms with Crippen molar-refractivity contribution in [1.29, 1.82) is 5.26 Å². The van der Waals surface area contributed by atoms with Crippen molar-refractivity contribution in [3.8, 4) is 17.3 Å². The minimum Gasteiger partial charge on any atom is -0.357 e. The molecule has 1 N–H and O–H groups in total. The standard InChI is InChI=1S/C12H8F3N5/c1-17-11-19-9(3-10(20-11)12(13,14)15)8-2-7(4-16)5-18-6-8/h2-3,5-6H,1H3,(H,17,19,20). The Hall–Kier alpha value is -2.69. The maximum atomic E-state index is 12.8. The molecule has 0 aliphatic carbocycles. The highest BCUT2D eigenvalue weighted by molar-refractivity contribution is 5.61. The highest BCUT2D eigenvalue weighted by atomic mass is 19.4. The molecule has 102 valence electrons. The number of hydrogen-bond donors (Lipinski definition) is 1. The highest BCUT2D eigenvalue weighted by Gasteiger charge is 2.33. The van der Waals surface area contributed by atoms with E-state index in [9.17, 15) is 13.2 Å². The number of nitrogens with zero attached hydrogens (tertiary/aromatic N) is 4. The quantitative estimate of drug-likeness (QED) is 0.914. The lowest BCUT2D eigenvalue weighted by Crippen LogP contribution is -2.11. The van der Waals surface area contributed by atoms with Crippen molar-refractivity contribution in [2.24, 2.45) is 0 Å². The van der Waals surface area contributed by atoms with Crippen LogP contribution in [-0.2, 0) is 6.18 Å². The molecular weight excluding hydrogens is 271 g/mol. The molecule has 2 aromatic rings. The number of hydrogen-bond acceptors (Lipinski definition) is 5. The number of halogens is 3. The van der Waals surface area contributed by atoms with Crippen LogP contribution in [0.3, 0.4) is 0 Å². The Bertz CT molecular complexity index is 676. The van der Waals surface area contributed by atoms with Crippen LogP contribution in [0.15, 0.2) is 24.5 Å². The zero-order valence-electron chi connectivity index (χ0n) is 10.2. The van der Waals surface area contributed by atoms with Gasteiger partial charge in [-0.3, -0.25) is 4.98 Å². The van der Waals surface area contributed by atoms with Crippen LogP contribution in [0.4, 0.5) is 19.1 Å². The maximum absolute atomic E-state index is 12.8. The van der Waals surface area contributed by atoms with Crippen LogP contribution < -0.4 is 5.32 Å². The van der Waals surface area contributed by atoms with Crippen molar-refractivity contribution < 1.29 is 13.2 Å². The number of nitriles is 1. The predicted molar refractivity (Wildman–Crippen MR) is 64.5 cm³/mol. The van der Waals surface area contributed by atoms with Gasteiger partial charge in [-0.15, -0.1) is 0 Å². The van der Waals surface area contributed by atoms with E-state index in [1.165, 1.54) is 25.5 Å². The molecule has 0 aliphatic heterocycles. The third-order valence-corrected chi connectivity index (χ3v) is 2.40. The number of anilines is 1. The molecule has 0 atom stereocenters. The number of rotatable bonds is 2. The van der Waals surface area contributed by atoms with Crippen LogP contribution >= 0.6 is 0 Å². The number of aromatic nitrogens is 3. The van der Waals surface area contributed by atoms with Gasteiger partial charge >= 0.3 is 6.18 Å². The lowest BCUT2D eigenvalue weighted by atomic mass is 10.1. The van der Waals surface area contributed by atoms with E-state index < -0.39 is 11.9 Å². The first-order chi connectivity index (χ1) is 9.44. The van der Waals surface area contributed by atoms with Gasteiger partial charge in [-0.25, -0.2) is 9.97 Å². The fourth-order valence-electron chi connectivity index (χ4n) is 1.49. The van der Waals surface area contributed by atoms with Crippen LogP contribution in [0.25, 0.3) is 11.3 Å². The zero-order chi connectivity index (χ0) is 14.8. The summed E-state index contributed by atoms with van der Waals surface area (Å²) in [6, 6.07) is 4.10. The molecule has 0 saturated carbocycles. The maximum Gasteiger partial charge on any atom is 0.433 e. The Morgan fingerprint density at radius 1 is 1.20 bits per heavy atom. The summed E-state index contributed by atoms with van der Waals surface area (Å²) in [5, 5.41) is 11.2. The molecule has 0 aromatic carbocycles. The van der Waals surface area contributed by atoms with Crippen LogP contribution in [0.1, 0.15) is 11.3 Å². The molecule has 2 rings (SSSR count). The number of nitrogens with one attached hydrogen (secondary N) is 1. The molecule has 0 spiro atoms. The van der Waals surface area contributed by atoms with E-state index in [1.807, 2.05) is 6.07 Å². The molecule has 0 bridgehead atoms. The summed E-state index contributed by atoms with van der Waals surface area (Å²) in [6.07, 6.45) is -1.93. The first-order valence-corrected chi connectivity index (χ1v) is 5.43. The average Bonchev–Trinajstić information content (AvgIpc) is 2.46. The van der Waals surface area contributed by atoms with Crippen molar-refractivity contribution >= 4 is 5.95 Å². The molecule has 20 heavy (non-hydrogen) atoms. The minimum absolute atomic E-state index is 0.0428. The van der Waals surface area contributed by atoms with Crippen molar-refractivity contribution in [2.75, 3.05) is 12.4 Å². The van der Waals surface area contributed by atoms with Crippen molar-refractivity contribution in [1.82, 2.24) is 15.0 Å². The van der Waals surface area contributed by atoms with Gasteiger partial charge in [0, 0.05) is 25.0 Å². The van der Waals surface area contributed by atoms with Gasteiger partial charge in [-0.05, 0) is 12.1 Å². The third-order valence-electron chi connectivity index (χ3n) is 2.40. The van der Waals surface area contributed by atoms with E-state index in [0.29, 0.717) is 5.56 Å². The first kappa shape index (κ1) is 13.7. The Kier molecular flexibility index (Phi) is 3.52. The summed E-state index contributed by atoms with van der Waals surface area (Å²) >= 11 is 0. The fraction of sp³-hybridized carbons (Fsp3) is 0.167. The van der Waals surface area contributed by atoms with Gasteiger partial charge in [0.05, 0.1) is 11.3 Å². The second-order valence-electron chi connectivity index (χ2n) is 3.78. The summed E-state index contributed by atoms with van der Waals surface area (Å²) in [5.74, 6) is -0.155. The van der Waals surface area contributed by atoms with Gasteiger partial charge in [0.2, 0.25) is 5.95 Å². The minimum atomic E-state index is -4.58. The van der Waals surface area contributed by atoms with E-state index in [-0.39, 0.29) is 17.2 Å². The van der Waals surface area contributed by atoms with Gasteiger partial charge in [-0.1, -0.05) is 0 Å². The van der Waals surface area contributed by atoms with Crippen LogP contribution in [0.5, 0.6) is 0 Å². The van der Waals surface area contributed by atoms with Crippen molar-refractivity contribution in [3.63, 3.8) is 0 Å². The second kappa shape index (κ2) is 5.13. The zero-order valence-corrected chi connectivity index (χ0v) is 10.2. The number of alkyl halides is 3. The van der Waals surface area contributed by atoms with Crippen LogP contribution in [-0.4, -0.2) is 22.0 Å². The molecule has 0 fully saturated rings. The lowest BCUT2D eigenvalue weighted by Gasteiger charge is -2.10. The SMILES string of the molecule is CNc1nc(-c2cncc(C#N)c2)cc(C(F)(F)F)n1. The Labute approximate surface area is 112 Å². The normalized spacial score (nSPS) is 10.9. The average molecular weight is 279 g/mol. The molecule has 0 amide bonds. The summed E-state index contributed by atoms with van der Waals surface area (Å²) in [6.45, 7) is 0. The van der Waals surface area contributed by atoms with E-state index in [4.69, 9.17) is 5.26 Å². The highest BCUT2D eigenvalue weighted by Crippen LogP contribution is 2.30. The first-order valence-electron chi connectivity index (χ1n) is 5.43. The molecule has 0 unspecified atom stereocenters. The molecule has 8 heteroatoms. The van der Waals surface area contributed by atoms with Crippen molar-refractivity contribution in [2.45, 2.75) is 6.18 Å². The van der Waals surface area contributed by atoms with Gasteiger partial charge < -0.3 is 5.32 Å². The molecule has 0 saturated heterocycles. The monoisotopic (exact) mass is 279 g/mol. The van der Waals surface area contributed by atoms with Crippen LogP contribution in [0.2, 0.25) is 0 Å². The predicted octanol–water partition coefficient (Wildman–Crippen LogP) is 2.47. The van der Waals surface area contributed by atoms with Gasteiger partial charge in [0.15, 0.2) is 5.69 Å². The summed E-state index contributed by atoms with van der Waals surface area (Å²) in [7, 11) is 1.42. The van der Waals surface area contributed by atoms with Gasteiger partial charge in [0.25, 0.3) is 0 Å². The largest absolute Gasteiger partial charge is 0.433 e.